The van der Waals surface area contributed by atoms with Crippen molar-refractivity contribution in [3.8, 4) is 66.8 Å². The van der Waals surface area contributed by atoms with Crippen LogP contribution in [0.4, 0.5) is 0 Å². The van der Waals surface area contributed by atoms with Gasteiger partial charge in [0.1, 0.15) is 0 Å². The molecular formula is C50H32. The van der Waals surface area contributed by atoms with Crippen LogP contribution in [0.5, 0.6) is 0 Å². The molecule has 3 aliphatic rings. The third kappa shape index (κ3) is 3.66. The van der Waals surface area contributed by atoms with Crippen LogP contribution in [0, 0.1) is 0 Å². The average Bonchev–Trinajstić information content (AvgIpc) is 3.70. The van der Waals surface area contributed by atoms with Gasteiger partial charge in [0.2, 0.25) is 0 Å². The highest BCUT2D eigenvalue weighted by atomic mass is 14.5. The fraction of sp³-hybridized carbons (Fsp3) is 0.0400. The lowest BCUT2D eigenvalue weighted by Crippen LogP contribution is -2.28. The molecule has 0 bridgehead atoms. The van der Waals surface area contributed by atoms with Crippen LogP contribution in [-0.2, 0) is 11.8 Å². The molecule has 0 heterocycles. The van der Waals surface area contributed by atoms with Crippen molar-refractivity contribution in [3.05, 3.63) is 215 Å². The van der Waals surface area contributed by atoms with E-state index in [0.717, 1.165) is 6.42 Å². The Balaban J connectivity index is 1.31. The van der Waals surface area contributed by atoms with Gasteiger partial charge >= 0.3 is 0 Å². The largest absolute Gasteiger partial charge is 0.0713 e. The summed E-state index contributed by atoms with van der Waals surface area (Å²) in [7, 11) is 0. The Hall–Kier alpha value is -6.24. The van der Waals surface area contributed by atoms with E-state index in [-0.39, 0.29) is 0 Å². The second-order valence-electron chi connectivity index (χ2n) is 14.0. The van der Waals surface area contributed by atoms with E-state index in [2.05, 4.69) is 182 Å². The fourth-order valence-corrected chi connectivity index (χ4v) is 9.47. The highest BCUT2D eigenvalue weighted by Crippen LogP contribution is 2.59. The topological polar surface area (TPSA) is 0 Å². The molecule has 0 aliphatic heterocycles. The van der Waals surface area contributed by atoms with Crippen LogP contribution in [0.25, 0.3) is 66.8 Å². The van der Waals surface area contributed by atoms with Crippen LogP contribution >= 0.6 is 0 Å². The smallest absolute Gasteiger partial charge is 0.0622 e. The van der Waals surface area contributed by atoms with Crippen LogP contribution in [-0.4, -0.2) is 0 Å². The molecule has 8 aromatic rings. The van der Waals surface area contributed by atoms with Crippen LogP contribution in [0.3, 0.4) is 0 Å². The van der Waals surface area contributed by atoms with Crippen LogP contribution in [0.2, 0.25) is 0 Å². The van der Waals surface area contributed by atoms with Crippen LogP contribution in [0.15, 0.2) is 182 Å². The molecular weight excluding hydrogens is 601 g/mol. The second-order valence-corrected chi connectivity index (χ2v) is 14.0. The van der Waals surface area contributed by atoms with Crippen molar-refractivity contribution in [3.63, 3.8) is 0 Å². The molecule has 0 unspecified atom stereocenters. The second kappa shape index (κ2) is 10.4. The Morgan fingerprint density at radius 1 is 0.260 bits per heavy atom. The van der Waals surface area contributed by atoms with E-state index in [0.29, 0.717) is 0 Å². The summed E-state index contributed by atoms with van der Waals surface area (Å²) in [6.45, 7) is 0. The highest BCUT2D eigenvalue weighted by Gasteiger charge is 2.46. The predicted molar refractivity (Wildman–Crippen MR) is 207 cm³/mol. The minimum absolute atomic E-state index is 0.462. The number of fused-ring (bicyclic) bond motifs is 14. The molecule has 0 N–H and O–H groups in total. The van der Waals surface area contributed by atoms with E-state index in [1.54, 1.807) is 0 Å². The first-order valence-corrected chi connectivity index (χ1v) is 17.6. The standard InChI is InChI=1S/C50H32/c1-3-16-34(17-4-1)50(35-18-5-2-6-19-35)48-26-14-13-25-41(48)47-30-45-40-24-12-10-22-38(40)37-21-9-11-23-39(37)44-29-42-33(27-32-15-7-8-20-36(32)42)28-43(44)46(45)31-49(47)50/h1-26,28-31H,27H2. The van der Waals surface area contributed by atoms with Gasteiger partial charge in [-0.3, -0.25) is 0 Å². The quantitative estimate of drug-likeness (QED) is 0.178. The Morgan fingerprint density at radius 2 is 0.700 bits per heavy atom. The summed E-state index contributed by atoms with van der Waals surface area (Å²) < 4.78 is 0. The van der Waals surface area contributed by atoms with Gasteiger partial charge in [-0.1, -0.05) is 158 Å². The van der Waals surface area contributed by atoms with Crippen molar-refractivity contribution < 1.29 is 0 Å². The van der Waals surface area contributed by atoms with Crippen LogP contribution in [0.1, 0.15) is 33.4 Å². The van der Waals surface area contributed by atoms with Gasteiger partial charge in [0, 0.05) is 0 Å². The Kier molecular flexibility index (Phi) is 5.75. The van der Waals surface area contributed by atoms with E-state index in [1.165, 1.54) is 100 Å². The number of hydrogen-bond acceptors (Lipinski definition) is 0. The van der Waals surface area contributed by atoms with Crippen molar-refractivity contribution in [2.45, 2.75) is 11.8 Å². The van der Waals surface area contributed by atoms with Gasteiger partial charge in [-0.2, -0.15) is 0 Å². The zero-order valence-corrected chi connectivity index (χ0v) is 27.5. The molecule has 0 heteroatoms. The maximum atomic E-state index is 2.57. The maximum absolute atomic E-state index is 2.57. The molecule has 0 aromatic heterocycles. The van der Waals surface area contributed by atoms with Gasteiger partial charge in [0.15, 0.2) is 0 Å². The molecule has 8 aromatic carbocycles. The first-order chi connectivity index (χ1) is 24.8. The summed E-state index contributed by atoms with van der Waals surface area (Å²) >= 11 is 0. The van der Waals surface area contributed by atoms with Crippen molar-refractivity contribution >= 4 is 0 Å². The van der Waals surface area contributed by atoms with Gasteiger partial charge in [0.25, 0.3) is 0 Å². The zero-order chi connectivity index (χ0) is 32.8. The Morgan fingerprint density at radius 3 is 1.32 bits per heavy atom. The number of hydrogen-bond donors (Lipinski definition) is 0. The SMILES string of the molecule is c1ccc(C2(c3ccccc3)c3ccccc3-c3cc4c(cc32)-c2cc3c(cc2-c2ccccc2-c2ccccc2-4)-c2ccccc2C3)cc1. The summed E-state index contributed by atoms with van der Waals surface area (Å²) in [5.41, 5.74) is 23.3. The van der Waals surface area contributed by atoms with E-state index in [9.17, 15) is 0 Å². The van der Waals surface area contributed by atoms with Crippen molar-refractivity contribution in [2.24, 2.45) is 0 Å². The Bertz CT molecular complexity index is 2620. The van der Waals surface area contributed by atoms with E-state index in [4.69, 9.17) is 0 Å². The van der Waals surface area contributed by atoms with Crippen molar-refractivity contribution in [1.29, 1.82) is 0 Å². The molecule has 0 radical (unpaired) electrons. The van der Waals surface area contributed by atoms with Crippen LogP contribution < -0.4 is 0 Å². The van der Waals surface area contributed by atoms with Crippen molar-refractivity contribution in [2.75, 3.05) is 0 Å². The molecule has 0 spiro atoms. The molecule has 0 saturated heterocycles. The van der Waals surface area contributed by atoms with Gasteiger partial charge in [0.05, 0.1) is 5.41 Å². The van der Waals surface area contributed by atoms with Crippen molar-refractivity contribution in [1.82, 2.24) is 0 Å². The summed E-state index contributed by atoms with van der Waals surface area (Å²) in [6, 6.07) is 68.5. The minimum Gasteiger partial charge on any atom is -0.0622 e. The summed E-state index contributed by atoms with van der Waals surface area (Å²) in [5, 5.41) is 0. The number of rotatable bonds is 2. The van der Waals surface area contributed by atoms with E-state index >= 15 is 0 Å². The third-order valence-corrected chi connectivity index (χ3v) is 11.5. The molecule has 0 amide bonds. The lowest BCUT2D eigenvalue weighted by molar-refractivity contribution is 0.769. The van der Waals surface area contributed by atoms with Gasteiger partial charge < -0.3 is 0 Å². The molecule has 0 saturated carbocycles. The molecule has 232 valence electrons. The normalized spacial score (nSPS) is 13.7. The third-order valence-electron chi connectivity index (χ3n) is 11.5. The monoisotopic (exact) mass is 632 g/mol. The lowest BCUT2D eigenvalue weighted by atomic mass is 9.67. The fourth-order valence-electron chi connectivity index (χ4n) is 9.47. The van der Waals surface area contributed by atoms with Gasteiger partial charge in [-0.15, -0.1) is 0 Å². The average molecular weight is 633 g/mol. The summed E-state index contributed by atoms with van der Waals surface area (Å²) in [5.74, 6) is 0. The zero-order valence-electron chi connectivity index (χ0n) is 27.5. The number of benzene rings is 8. The lowest BCUT2D eigenvalue weighted by Gasteiger charge is -2.34. The molecule has 0 nitrogen and oxygen atoms in total. The highest BCUT2D eigenvalue weighted by molar-refractivity contribution is 6.06. The van der Waals surface area contributed by atoms with Gasteiger partial charge in [-0.05, 0) is 131 Å². The summed E-state index contributed by atoms with van der Waals surface area (Å²) in [6.07, 6.45) is 0.959. The molecule has 11 rings (SSSR count). The maximum Gasteiger partial charge on any atom is 0.0713 e. The molecule has 0 fully saturated rings. The first kappa shape index (κ1) is 27.7. The van der Waals surface area contributed by atoms with Gasteiger partial charge in [-0.25, -0.2) is 0 Å². The summed E-state index contributed by atoms with van der Waals surface area (Å²) in [4.78, 5) is 0. The molecule has 0 atom stereocenters. The van der Waals surface area contributed by atoms with E-state index in [1.807, 2.05) is 0 Å². The first-order valence-electron chi connectivity index (χ1n) is 17.6. The molecule has 50 heavy (non-hydrogen) atoms. The van der Waals surface area contributed by atoms with E-state index < -0.39 is 5.41 Å². The predicted octanol–water partition coefficient (Wildman–Crippen LogP) is 12.6. The minimum atomic E-state index is -0.462. The molecule has 3 aliphatic carbocycles. The Labute approximate surface area is 293 Å².